The van der Waals surface area contributed by atoms with Crippen molar-refractivity contribution in [2.75, 3.05) is 22.7 Å². The number of nitrogens with zero attached hydrogens (tertiary/aromatic N) is 2. The van der Waals surface area contributed by atoms with Gasteiger partial charge in [0.1, 0.15) is 45.7 Å². The highest BCUT2D eigenvalue weighted by Gasteiger charge is 2.55. The summed E-state index contributed by atoms with van der Waals surface area (Å²) in [5, 5.41) is 38.1. The third kappa shape index (κ3) is 8.16. The number of aromatic hydroxyl groups is 4. The van der Waals surface area contributed by atoms with E-state index >= 15 is 0 Å². The van der Waals surface area contributed by atoms with Crippen LogP contribution in [0.15, 0.2) is 146 Å². The van der Waals surface area contributed by atoms with Crippen LogP contribution in [-0.2, 0) is 29.5 Å². The zero-order valence-electron chi connectivity index (χ0n) is 35.4. The molecule has 6 atom stereocenters. The van der Waals surface area contributed by atoms with Crippen LogP contribution in [0.25, 0.3) is 22.3 Å². The Balaban J connectivity index is 0.000000166. The molecule has 10 rings (SSSR count). The summed E-state index contributed by atoms with van der Waals surface area (Å²) in [6.45, 7) is 0. The first-order valence-corrected chi connectivity index (χ1v) is 24.7. The molecule has 4 aliphatic heterocycles. The molecular weight excluding hydrogens is 924 g/mol. The first kappa shape index (κ1) is 45.2. The average molecular weight is 968 g/mol. The molecule has 2 fully saturated rings. The van der Waals surface area contributed by atoms with Crippen LogP contribution in [0.5, 0.6) is 23.0 Å². The Labute approximate surface area is 392 Å². The number of para-hydroxylation sites is 2. The maximum Gasteiger partial charge on any atom is 0.240 e. The molecule has 0 amide bonds. The Morgan fingerprint density at radius 2 is 0.712 bits per heavy atom. The lowest BCUT2D eigenvalue weighted by molar-refractivity contribution is 0.128. The molecule has 0 unspecified atom stereocenters. The van der Waals surface area contributed by atoms with Crippen LogP contribution in [0.2, 0.25) is 10.0 Å². The summed E-state index contributed by atoms with van der Waals surface area (Å²) >= 11 is 12.6. The normalized spacial score (nSPS) is 22.1. The molecule has 0 aromatic heterocycles. The van der Waals surface area contributed by atoms with Crippen LogP contribution >= 0.6 is 23.2 Å². The number of sulfonamides is 2. The van der Waals surface area contributed by atoms with E-state index in [2.05, 4.69) is 0 Å². The number of hydrogen-bond acceptors (Lipinski definition) is 10. The van der Waals surface area contributed by atoms with E-state index in [1.165, 1.54) is 22.7 Å². The zero-order chi connectivity index (χ0) is 46.7. The fraction of sp³-hybridized carbons (Fsp3) is 0.200. The first-order valence-electron chi connectivity index (χ1n) is 21.0. The van der Waals surface area contributed by atoms with Crippen molar-refractivity contribution in [1.82, 2.24) is 0 Å². The minimum atomic E-state index is -3.81. The Morgan fingerprint density at radius 3 is 1.00 bits per heavy atom. The SMILES string of the molecule is CN(c1ccccc1Cl)S(=O)(=O)[C@@H]1C[C@@H]2O[C@H]1C(c1ccc(O)cc1)=C2c1ccc(O)cc1.CN(c1ccccc1Cl)S(=O)(=O)[C@H]1C[C@H]2O[C@@H]1C(c1ccc(O)cc1)=C2c1ccc(O)cc1. The van der Waals surface area contributed by atoms with Gasteiger partial charge in [-0.3, -0.25) is 8.61 Å². The van der Waals surface area contributed by atoms with Crippen molar-refractivity contribution < 1.29 is 46.7 Å². The van der Waals surface area contributed by atoms with Crippen LogP contribution < -0.4 is 8.61 Å². The van der Waals surface area contributed by atoms with E-state index in [-0.39, 0.29) is 23.0 Å². The van der Waals surface area contributed by atoms with Gasteiger partial charge in [0.05, 0.1) is 33.6 Å². The molecule has 4 N–H and O–H groups in total. The van der Waals surface area contributed by atoms with Gasteiger partial charge < -0.3 is 29.9 Å². The molecular formula is C50H44Cl2N2O10S2. The van der Waals surface area contributed by atoms with Gasteiger partial charge in [0.2, 0.25) is 20.0 Å². The second-order valence-corrected chi connectivity index (χ2v) is 21.6. The van der Waals surface area contributed by atoms with Gasteiger partial charge >= 0.3 is 0 Å². The van der Waals surface area contributed by atoms with Gasteiger partial charge in [-0.1, -0.05) is 96.0 Å². The van der Waals surface area contributed by atoms with Crippen molar-refractivity contribution in [3.05, 3.63) is 178 Å². The second kappa shape index (κ2) is 17.7. The van der Waals surface area contributed by atoms with E-state index < -0.39 is 55.0 Å². The number of halogens is 2. The standard InChI is InChI=1S/2C25H22ClNO5S/c2*1-27(20-5-3-2-4-19(20)26)33(30,31)22-14-21-23(15-6-10-17(28)11-7-15)24(25(22)32-21)16-8-12-18(29)13-9-16/h2*2-13,21-22,25,28-29H,14H2,1H3/t2*21-,22+,25+/m10/s1. The molecule has 12 nitrogen and oxygen atoms in total. The van der Waals surface area contributed by atoms with Crippen LogP contribution in [0.3, 0.4) is 0 Å². The molecule has 4 heterocycles. The van der Waals surface area contributed by atoms with Gasteiger partial charge in [0, 0.05) is 14.1 Å². The fourth-order valence-electron chi connectivity index (χ4n) is 9.38. The van der Waals surface area contributed by atoms with Gasteiger partial charge in [-0.05, 0) is 130 Å². The van der Waals surface area contributed by atoms with Crippen molar-refractivity contribution in [1.29, 1.82) is 0 Å². The van der Waals surface area contributed by atoms with Crippen LogP contribution in [-0.4, -0.2) is 86.3 Å². The molecule has 4 bridgehead atoms. The number of benzene rings is 6. The van der Waals surface area contributed by atoms with Crippen LogP contribution in [0.4, 0.5) is 11.4 Å². The third-order valence-corrected chi connectivity index (χ3v) is 17.6. The number of hydrogen-bond donors (Lipinski definition) is 4. The molecule has 6 aromatic carbocycles. The lowest BCUT2D eigenvalue weighted by Gasteiger charge is -2.30. The van der Waals surface area contributed by atoms with E-state index in [4.69, 9.17) is 32.7 Å². The third-order valence-electron chi connectivity index (χ3n) is 12.6. The maximum absolute atomic E-state index is 13.7. The highest BCUT2D eigenvalue weighted by molar-refractivity contribution is 7.93. The monoisotopic (exact) mass is 966 g/mol. The van der Waals surface area contributed by atoms with Gasteiger partial charge in [0.25, 0.3) is 0 Å². The number of rotatable bonds is 10. The summed E-state index contributed by atoms with van der Waals surface area (Å²) in [4.78, 5) is 0. The predicted octanol–water partition coefficient (Wildman–Crippen LogP) is 9.34. The molecule has 2 saturated heterocycles. The average Bonchev–Trinajstić information content (AvgIpc) is 4.12. The number of ether oxygens (including phenoxy) is 2. The minimum absolute atomic E-state index is 0.122. The lowest BCUT2D eigenvalue weighted by atomic mass is 9.83. The van der Waals surface area contributed by atoms with Gasteiger partial charge in [-0.25, -0.2) is 16.8 Å². The molecule has 0 radical (unpaired) electrons. The maximum atomic E-state index is 13.7. The smallest absolute Gasteiger partial charge is 0.240 e. The highest BCUT2D eigenvalue weighted by Crippen LogP contribution is 2.53. The number of anilines is 2. The molecule has 4 aliphatic rings. The molecule has 16 heteroatoms. The Morgan fingerprint density at radius 1 is 0.439 bits per heavy atom. The van der Waals surface area contributed by atoms with Gasteiger partial charge in [-0.15, -0.1) is 0 Å². The number of fused-ring (bicyclic) bond motifs is 4. The van der Waals surface area contributed by atoms with Crippen LogP contribution in [0.1, 0.15) is 35.1 Å². The fourth-order valence-corrected chi connectivity index (χ4v) is 13.5. The largest absolute Gasteiger partial charge is 0.508 e. The summed E-state index contributed by atoms with van der Waals surface area (Å²) in [7, 11) is -4.60. The molecule has 66 heavy (non-hydrogen) atoms. The Hall–Kier alpha value is -6.00. The Bertz CT molecular complexity index is 2880. The van der Waals surface area contributed by atoms with Crippen molar-refractivity contribution in [2.24, 2.45) is 0 Å². The van der Waals surface area contributed by atoms with Gasteiger partial charge in [0.15, 0.2) is 0 Å². The summed E-state index contributed by atoms with van der Waals surface area (Å²) in [6, 6.07) is 40.6. The zero-order valence-corrected chi connectivity index (χ0v) is 38.6. The van der Waals surface area contributed by atoms with Crippen LogP contribution in [0, 0.1) is 0 Å². The van der Waals surface area contributed by atoms with Crippen molar-refractivity contribution in [2.45, 2.75) is 47.8 Å². The summed E-state index contributed by atoms with van der Waals surface area (Å²) < 4.78 is 69.7. The number of phenolic OH excluding ortho intramolecular Hbond substituents is 4. The quantitative estimate of drug-likeness (QED) is 0.104. The predicted molar refractivity (Wildman–Crippen MR) is 258 cm³/mol. The van der Waals surface area contributed by atoms with Gasteiger partial charge in [-0.2, -0.15) is 0 Å². The van der Waals surface area contributed by atoms with E-state index in [0.717, 1.165) is 44.5 Å². The highest BCUT2D eigenvalue weighted by atomic mass is 35.5. The number of phenols is 4. The van der Waals surface area contributed by atoms with Crippen molar-refractivity contribution in [3.63, 3.8) is 0 Å². The minimum Gasteiger partial charge on any atom is -0.508 e. The summed E-state index contributed by atoms with van der Waals surface area (Å²) in [5.74, 6) is 0.544. The van der Waals surface area contributed by atoms with E-state index in [1.54, 1.807) is 146 Å². The molecule has 0 spiro atoms. The van der Waals surface area contributed by atoms with E-state index in [0.29, 0.717) is 34.3 Å². The molecule has 6 aromatic rings. The van der Waals surface area contributed by atoms with Crippen molar-refractivity contribution in [3.8, 4) is 23.0 Å². The Kier molecular flexibility index (Phi) is 12.1. The van der Waals surface area contributed by atoms with Crippen molar-refractivity contribution >= 4 is 76.9 Å². The summed E-state index contributed by atoms with van der Waals surface area (Å²) in [6.07, 6.45) is -1.58. The second-order valence-electron chi connectivity index (χ2n) is 16.4. The first-order chi connectivity index (χ1) is 31.5. The summed E-state index contributed by atoms with van der Waals surface area (Å²) in [5.41, 5.74) is 7.46. The molecule has 0 saturated carbocycles. The topological polar surface area (TPSA) is 174 Å². The van der Waals surface area contributed by atoms with E-state index in [9.17, 15) is 37.3 Å². The lowest BCUT2D eigenvalue weighted by Crippen LogP contribution is -2.42. The van der Waals surface area contributed by atoms with E-state index in [1.807, 2.05) is 0 Å². The molecule has 0 aliphatic carbocycles. The molecule has 340 valence electrons.